The zero-order valence-electron chi connectivity index (χ0n) is 12.6. The van der Waals surface area contributed by atoms with E-state index in [2.05, 4.69) is 29.8 Å². The van der Waals surface area contributed by atoms with Gasteiger partial charge in [-0.2, -0.15) is 0 Å². The number of likely N-dealkylation sites (N-methyl/N-ethyl adjacent to an activating group) is 1. The van der Waals surface area contributed by atoms with Crippen LogP contribution >= 0.6 is 11.3 Å². The highest BCUT2D eigenvalue weighted by Crippen LogP contribution is 2.43. The smallest absolute Gasteiger partial charge is 0.0685 e. The highest BCUT2D eigenvalue weighted by molar-refractivity contribution is 7.09. The van der Waals surface area contributed by atoms with Crippen molar-refractivity contribution in [3.8, 4) is 0 Å². The van der Waals surface area contributed by atoms with Gasteiger partial charge in [0.05, 0.1) is 5.60 Å². The second kappa shape index (κ2) is 6.59. The Hall–Kier alpha value is -0.380. The van der Waals surface area contributed by atoms with Crippen molar-refractivity contribution in [1.82, 2.24) is 5.32 Å². The molecule has 2 heterocycles. The molecule has 1 aliphatic heterocycles. The summed E-state index contributed by atoms with van der Waals surface area (Å²) in [6.45, 7) is 4.27. The molecule has 2 unspecified atom stereocenters. The van der Waals surface area contributed by atoms with Gasteiger partial charge in [-0.15, -0.1) is 11.3 Å². The second-order valence-electron chi connectivity index (χ2n) is 6.44. The highest BCUT2D eigenvalue weighted by atomic mass is 32.1. The third-order valence-corrected chi connectivity index (χ3v) is 5.98. The van der Waals surface area contributed by atoms with Gasteiger partial charge in [0.1, 0.15) is 0 Å². The van der Waals surface area contributed by atoms with Gasteiger partial charge in [-0.3, -0.25) is 0 Å². The molecule has 2 fully saturated rings. The van der Waals surface area contributed by atoms with E-state index in [1.54, 1.807) is 0 Å². The van der Waals surface area contributed by atoms with Crippen molar-refractivity contribution in [1.29, 1.82) is 0 Å². The normalized spacial score (nSPS) is 26.9. The van der Waals surface area contributed by atoms with E-state index in [1.165, 1.54) is 49.8 Å². The Morgan fingerprint density at radius 2 is 2.30 bits per heavy atom. The van der Waals surface area contributed by atoms with Gasteiger partial charge in [0.15, 0.2) is 0 Å². The van der Waals surface area contributed by atoms with Crippen molar-refractivity contribution in [3.05, 3.63) is 22.4 Å². The van der Waals surface area contributed by atoms with Crippen LogP contribution in [-0.2, 0) is 11.2 Å². The fourth-order valence-corrected chi connectivity index (χ4v) is 4.85. The minimum Gasteiger partial charge on any atom is -0.375 e. The maximum atomic E-state index is 6.19. The van der Waals surface area contributed by atoms with Crippen LogP contribution in [0.25, 0.3) is 0 Å². The van der Waals surface area contributed by atoms with Gasteiger partial charge in [-0.05, 0) is 56.0 Å². The van der Waals surface area contributed by atoms with E-state index in [9.17, 15) is 0 Å². The molecule has 1 N–H and O–H groups in total. The lowest BCUT2D eigenvalue weighted by atomic mass is 9.79. The predicted octanol–water partition coefficient (Wildman–Crippen LogP) is 4.01. The Balaban J connectivity index is 1.66. The molecule has 1 aliphatic carbocycles. The van der Waals surface area contributed by atoms with Crippen LogP contribution in [0.3, 0.4) is 0 Å². The standard InChI is InChI=1S/C17H27NOS/c1-2-18-16(12-15-6-5-11-20-15)14-7-10-19-17(13-14)8-3-4-9-17/h5-6,11,14,16,18H,2-4,7-10,12-13H2,1H3. The number of ether oxygens (including phenoxy) is 1. The van der Waals surface area contributed by atoms with Crippen molar-refractivity contribution in [2.24, 2.45) is 5.92 Å². The first-order valence-electron chi connectivity index (χ1n) is 8.21. The van der Waals surface area contributed by atoms with Crippen molar-refractivity contribution in [2.75, 3.05) is 13.2 Å². The van der Waals surface area contributed by atoms with Crippen molar-refractivity contribution >= 4 is 11.3 Å². The Bertz CT molecular complexity index is 397. The van der Waals surface area contributed by atoms with Crippen LogP contribution in [-0.4, -0.2) is 24.8 Å². The summed E-state index contributed by atoms with van der Waals surface area (Å²) in [5.41, 5.74) is 0.242. The first-order chi connectivity index (χ1) is 9.81. The van der Waals surface area contributed by atoms with E-state index in [-0.39, 0.29) is 5.60 Å². The van der Waals surface area contributed by atoms with Crippen molar-refractivity contribution in [3.63, 3.8) is 0 Å². The molecule has 2 atom stereocenters. The van der Waals surface area contributed by atoms with Crippen molar-refractivity contribution < 1.29 is 4.74 Å². The zero-order valence-corrected chi connectivity index (χ0v) is 13.4. The van der Waals surface area contributed by atoms with Gasteiger partial charge in [-0.25, -0.2) is 0 Å². The molecular formula is C17H27NOS. The van der Waals surface area contributed by atoms with Gasteiger partial charge in [0, 0.05) is 17.5 Å². The van der Waals surface area contributed by atoms with Crippen LogP contribution < -0.4 is 5.32 Å². The highest BCUT2D eigenvalue weighted by Gasteiger charge is 2.41. The summed E-state index contributed by atoms with van der Waals surface area (Å²) in [5.74, 6) is 0.781. The molecule has 0 bridgehead atoms. The summed E-state index contributed by atoms with van der Waals surface area (Å²) in [4.78, 5) is 1.52. The van der Waals surface area contributed by atoms with Crippen LogP contribution in [0, 0.1) is 5.92 Å². The maximum absolute atomic E-state index is 6.19. The second-order valence-corrected chi connectivity index (χ2v) is 7.47. The molecule has 1 spiro atoms. The van der Waals surface area contributed by atoms with E-state index in [4.69, 9.17) is 4.74 Å². The van der Waals surface area contributed by atoms with Gasteiger partial charge in [0.25, 0.3) is 0 Å². The molecule has 1 saturated heterocycles. The topological polar surface area (TPSA) is 21.3 Å². The Morgan fingerprint density at radius 3 is 3.00 bits per heavy atom. The van der Waals surface area contributed by atoms with Gasteiger partial charge in [-0.1, -0.05) is 25.8 Å². The Kier molecular flexibility index (Phi) is 4.79. The third kappa shape index (κ3) is 3.26. The maximum Gasteiger partial charge on any atom is 0.0685 e. The van der Waals surface area contributed by atoms with Gasteiger partial charge >= 0.3 is 0 Å². The van der Waals surface area contributed by atoms with Crippen LogP contribution in [0.15, 0.2) is 17.5 Å². The van der Waals surface area contributed by atoms with Crippen LogP contribution in [0.4, 0.5) is 0 Å². The SMILES string of the molecule is CCNC(Cc1cccs1)C1CCOC2(CCCC2)C1. The molecule has 1 saturated carbocycles. The first kappa shape index (κ1) is 14.6. The lowest BCUT2D eigenvalue weighted by Gasteiger charge is -2.41. The Morgan fingerprint density at radius 1 is 1.45 bits per heavy atom. The number of hydrogen-bond donors (Lipinski definition) is 1. The lowest BCUT2D eigenvalue weighted by molar-refractivity contribution is -0.0977. The average molecular weight is 293 g/mol. The van der Waals surface area contributed by atoms with Gasteiger partial charge < -0.3 is 10.1 Å². The lowest BCUT2D eigenvalue weighted by Crippen LogP contribution is -2.46. The van der Waals surface area contributed by atoms with Crippen LogP contribution in [0.2, 0.25) is 0 Å². The van der Waals surface area contributed by atoms with E-state index in [0.717, 1.165) is 19.1 Å². The largest absolute Gasteiger partial charge is 0.375 e. The summed E-state index contributed by atoms with van der Waals surface area (Å²) in [7, 11) is 0. The summed E-state index contributed by atoms with van der Waals surface area (Å²) in [5, 5.41) is 5.94. The zero-order chi connectivity index (χ0) is 13.8. The number of nitrogens with one attached hydrogen (secondary N) is 1. The van der Waals surface area contributed by atoms with E-state index in [0.29, 0.717) is 6.04 Å². The van der Waals surface area contributed by atoms with E-state index >= 15 is 0 Å². The number of hydrogen-bond acceptors (Lipinski definition) is 3. The Labute approximate surface area is 126 Å². The minimum absolute atomic E-state index is 0.242. The number of rotatable bonds is 5. The molecule has 112 valence electrons. The quantitative estimate of drug-likeness (QED) is 0.885. The molecule has 1 aromatic rings. The molecule has 1 aromatic heterocycles. The van der Waals surface area contributed by atoms with Crippen LogP contribution in [0.5, 0.6) is 0 Å². The molecule has 2 nitrogen and oxygen atoms in total. The number of thiophene rings is 1. The summed E-state index contributed by atoms with van der Waals surface area (Å²) >= 11 is 1.89. The van der Waals surface area contributed by atoms with E-state index in [1.807, 2.05) is 11.3 Å². The molecule has 0 radical (unpaired) electrons. The molecule has 3 heteroatoms. The fourth-order valence-electron chi connectivity index (χ4n) is 4.09. The minimum atomic E-state index is 0.242. The molecule has 0 aromatic carbocycles. The molecule has 0 amide bonds. The predicted molar refractivity (Wildman–Crippen MR) is 85.4 cm³/mol. The summed E-state index contributed by atoms with van der Waals surface area (Å²) < 4.78 is 6.19. The molecule has 2 aliphatic rings. The van der Waals surface area contributed by atoms with Crippen molar-refractivity contribution in [2.45, 2.75) is 63.5 Å². The summed E-state index contributed by atoms with van der Waals surface area (Å²) in [6.07, 6.45) is 9.00. The van der Waals surface area contributed by atoms with E-state index < -0.39 is 0 Å². The summed E-state index contributed by atoms with van der Waals surface area (Å²) in [6, 6.07) is 5.07. The van der Waals surface area contributed by atoms with Crippen LogP contribution in [0.1, 0.15) is 50.3 Å². The first-order valence-corrected chi connectivity index (χ1v) is 9.09. The molecule has 3 rings (SSSR count). The average Bonchev–Trinajstić information content (AvgIpc) is 3.11. The molecule has 20 heavy (non-hydrogen) atoms. The fraction of sp³-hybridized carbons (Fsp3) is 0.765. The third-order valence-electron chi connectivity index (χ3n) is 5.08. The monoisotopic (exact) mass is 293 g/mol. The molecular weight excluding hydrogens is 266 g/mol. The van der Waals surface area contributed by atoms with Gasteiger partial charge in [0.2, 0.25) is 0 Å².